The fourth-order valence-electron chi connectivity index (χ4n) is 3.00. The smallest absolute Gasteiger partial charge is 0.338 e. The number of nitrogens with zero attached hydrogens (tertiary/aromatic N) is 2. The highest BCUT2D eigenvalue weighted by molar-refractivity contribution is 8.01. The van der Waals surface area contributed by atoms with Crippen LogP contribution in [0.5, 0.6) is 0 Å². The molecule has 31 heavy (non-hydrogen) atoms. The first-order valence-electron chi connectivity index (χ1n) is 9.02. The molecule has 1 aromatic heterocycles. The van der Waals surface area contributed by atoms with Gasteiger partial charge in [-0.1, -0.05) is 42.1 Å². The number of hydrogen-bond donors (Lipinski definition) is 0. The van der Waals surface area contributed by atoms with Crippen molar-refractivity contribution in [3.05, 3.63) is 93.5 Å². The molecule has 0 aliphatic carbocycles. The standard InChI is InChI=1S/C22H14N2O5S2/c1-29-21(26)15-7-3-2-6-14(15)20(25)13-10-11-19(17(12-13)24(27)28)31-22-23-16-8-4-5-9-18(16)30-22/h2-12H,1H3. The monoisotopic (exact) mass is 450 g/mol. The maximum atomic E-state index is 13.0. The first-order valence-corrected chi connectivity index (χ1v) is 10.6. The number of aromatic nitrogens is 1. The summed E-state index contributed by atoms with van der Waals surface area (Å²) in [5, 5.41) is 11.7. The number of carbonyl (C=O) groups is 2. The average molecular weight is 450 g/mol. The molecular formula is C22H14N2O5S2. The number of para-hydroxylation sites is 1. The summed E-state index contributed by atoms with van der Waals surface area (Å²) in [6.45, 7) is 0. The van der Waals surface area contributed by atoms with Gasteiger partial charge in [-0.3, -0.25) is 14.9 Å². The molecule has 0 aliphatic rings. The number of nitro groups is 1. The second-order valence-corrected chi connectivity index (χ2v) is 8.68. The number of thiazole rings is 1. The lowest BCUT2D eigenvalue weighted by molar-refractivity contribution is -0.387. The van der Waals surface area contributed by atoms with E-state index in [0.717, 1.165) is 10.2 Å². The van der Waals surface area contributed by atoms with Gasteiger partial charge in [0.15, 0.2) is 10.1 Å². The minimum atomic E-state index is -0.651. The van der Waals surface area contributed by atoms with E-state index in [1.165, 1.54) is 60.5 Å². The molecule has 0 spiro atoms. The number of carbonyl (C=O) groups excluding carboxylic acids is 2. The number of benzene rings is 3. The lowest BCUT2D eigenvalue weighted by Gasteiger charge is -2.08. The van der Waals surface area contributed by atoms with Crippen molar-refractivity contribution in [2.24, 2.45) is 0 Å². The largest absolute Gasteiger partial charge is 0.465 e. The lowest BCUT2D eigenvalue weighted by atomic mass is 9.98. The lowest BCUT2D eigenvalue weighted by Crippen LogP contribution is -2.11. The Morgan fingerprint density at radius 2 is 1.74 bits per heavy atom. The molecule has 3 aromatic carbocycles. The van der Waals surface area contributed by atoms with Crippen LogP contribution in [0.3, 0.4) is 0 Å². The van der Waals surface area contributed by atoms with Crippen molar-refractivity contribution < 1.29 is 19.2 Å². The molecule has 0 amide bonds. The molecule has 4 rings (SSSR count). The zero-order valence-electron chi connectivity index (χ0n) is 16.1. The molecule has 0 bridgehead atoms. The van der Waals surface area contributed by atoms with Crippen LogP contribution in [-0.2, 0) is 4.74 Å². The molecule has 0 fully saturated rings. The van der Waals surface area contributed by atoms with E-state index in [2.05, 4.69) is 4.98 Å². The summed E-state index contributed by atoms with van der Waals surface area (Å²) in [6, 6.07) is 18.1. The maximum Gasteiger partial charge on any atom is 0.338 e. The molecule has 9 heteroatoms. The van der Waals surface area contributed by atoms with Gasteiger partial charge in [0.1, 0.15) is 0 Å². The molecule has 0 atom stereocenters. The van der Waals surface area contributed by atoms with Gasteiger partial charge in [-0.2, -0.15) is 0 Å². The van der Waals surface area contributed by atoms with Gasteiger partial charge in [0, 0.05) is 17.2 Å². The zero-order valence-corrected chi connectivity index (χ0v) is 17.7. The third-order valence-electron chi connectivity index (χ3n) is 4.47. The quantitative estimate of drug-likeness (QED) is 0.168. The first-order chi connectivity index (χ1) is 15.0. The minimum Gasteiger partial charge on any atom is -0.465 e. The van der Waals surface area contributed by atoms with E-state index in [4.69, 9.17) is 4.74 Å². The summed E-state index contributed by atoms with van der Waals surface area (Å²) in [5.41, 5.74) is 0.951. The van der Waals surface area contributed by atoms with E-state index in [-0.39, 0.29) is 22.4 Å². The van der Waals surface area contributed by atoms with Crippen LogP contribution < -0.4 is 0 Å². The summed E-state index contributed by atoms with van der Waals surface area (Å²) in [7, 11) is 1.22. The van der Waals surface area contributed by atoms with Gasteiger partial charge in [-0.15, -0.1) is 11.3 Å². The average Bonchev–Trinajstić information content (AvgIpc) is 3.20. The molecule has 154 valence electrons. The van der Waals surface area contributed by atoms with Crippen molar-refractivity contribution in [3.63, 3.8) is 0 Å². The third kappa shape index (κ3) is 4.18. The molecule has 4 aromatic rings. The molecule has 0 saturated carbocycles. The summed E-state index contributed by atoms with van der Waals surface area (Å²) in [5.74, 6) is -1.15. The van der Waals surface area contributed by atoms with Crippen LogP contribution in [-0.4, -0.2) is 28.8 Å². The van der Waals surface area contributed by atoms with Gasteiger partial charge < -0.3 is 4.74 Å². The van der Waals surface area contributed by atoms with Crippen molar-refractivity contribution >= 4 is 50.8 Å². The van der Waals surface area contributed by atoms with Crippen LogP contribution in [0.4, 0.5) is 5.69 Å². The van der Waals surface area contributed by atoms with E-state index >= 15 is 0 Å². The van der Waals surface area contributed by atoms with Gasteiger partial charge in [0.2, 0.25) is 0 Å². The number of ether oxygens (including phenoxy) is 1. The molecule has 7 nitrogen and oxygen atoms in total. The summed E-state index contributed by atoms with van der Waals surface area (Å²) < 4.78 is 6.38. The van der Waals surface area contributed by atoms with Gasteiger partial charge in [-0.25, -0.2) is 9.78 Å². The van der Waals surface area contributed by atoms with Crippen molar-refractivity contribution in [2.45, 2.75) is 9.24 Å². The van der Waals surface area contributed by atoms with Crippen LogP contribution in [0.25, 0.3) is 10.2 Å². The van der Waals surface area contributed by atoms with Crippen molar-refractivity contribution in [1.29, 1.82) is 0 Å². The molecule has 0 aliphatic heterocycles. The second-order valence-electron chi connectivity index (χ2n) is 6.36. The van der Waals surface area contributed by atoms with Gasteiger partial charge >= 0.3 is 5.97 Å². The van der Waals surface area contributed by atoms with Crippen molar-refractivity contribution in [2.75, 3.05) is 7.11 Å². The Morgan fingerprint density at radius 1 is 1.03 bits per heavy atom. The fourth-order valence-corrected chi connectivity index (χ4v) is 5.11. The third-order valence-corrected chi connectivity index (χ3v) is 6.63. The van der Waals surface area contributed by atoms with E-state index in [9.17, 15) is 19.7 Å². The summed E-state index contributed by atoms with van der Waals surface area (Å²) in [4.78, 5) is 41.0. The number of fused-ring (bicyclic) bond motifs is 1. The van der Waals surface area contributed by atoms with Crippen LogP contribution in [0.1, 0.15) is 26.3 Å². The van der Waals surface area contributed by atoms with Crippen molar-refractivity contribution in [3.8, 4) is 0 Å². The Bertz CT molecular complexity index is 1300. The zero-order chi connectivity index (χ0) is 22.0. The van der Waals surface area contributed by atoms with Crippen molar-refractivity contribution in [1.82, 2.24) is 4.98 Å². The van der Waals surface area contributed by atoms with E-state index in [1.807, 2.05) is 24.3 Å². The van der Waals surface area contributed by atoms with E-state index < -0.39 is 16.7 Å². The fraction of sp³-hybridized carbons (Fsp3) is 0.0455. The van der Waals surface area contributed by atoms with Crippen LogP contribution in [0.15, 0.2) is 76.0 Å². The predicted molar refractivity (Wildman–Crippen MR) is 118 cm³/mol. The maximum absolute atomic E-state index is 13.0. The Hall–Kier alpha value is -3.56. The van der Waals surface area contributed by atoms with Crippen LogP contribution >= 0.6 is 23.1 Å². The van der Waals surface area contributed by atoms with Gasteiger partial charge in [0.25, 0.3) is 5.69 Å². The normalized spacial score (nSPS) is 10.7. The van der Waals surface area contributed by atoms with Crippen LogP contribution in [0, 0.1) is 10.1 Å². The number of methoxy groups -OCH3 is 1. The Labute approximate surface area is 184 Å². The number of nitro benzene ring substituents is 1. The number of ketones is 1. The first kappa shape index (κ1) is 20.7. The van der Waals surface area contributed by atoms with Crippen LogP contribution in [0.2, 0.25) is 0 Å². The molecule has 0 unspecified atom stereocenters. The summed E-state index contributed by atoms with van der Waals surface area (Å²) >= 11 is 2.61. The summed E-state index contributed by atoms with van der Waals surface area (Å²) in [6.07, 6.45) is 0. The topological polar surface area (TPSA) is 99.4 Å². The predicted octanol–water partition coefficient (Wildman–Crippen LogP) is 5.37. The number of esters is 1. The molecule has 0 saturated heterocycles. The molecule has 0 radical (unpaired) electrons. The Kier molecular flexibility index (Phi) is 5.79. The highest BCUT2D eigenvalue weighted by Crippen LogP contribution is 2.39. The highest BCUT2D eigenvalue weighted by Gasteiger charge is 2.23. The van der Waals surface area contributed by atoms with Gasteiger partial charge in [0.05, 0.1) is 32.7 Å². The molecular weight excluding hydrogens is 436 g/mol. The molecule has 0 N–H and O–H groups in total. The molecule has 1 heterocycles. The minimum absolute atomic E-state index is 0.102. The van der Waals surface area contributed by atoms with Gasteiger partial charge in [-0.05, 0) is 30.3 Å². The van der Waals surface area contributed by atoms with E-state index in [1.54, 1.807) is 12.1 Å². The Morgan fingerprint density at radius 3 is 2.45 bits per heavy atom. The number of rotatable bonds is 6. The Balaban J connectivity index is 1.70. The SMILES string of the molecule is COC(=O)c1ccccc1C(=O)c1ccc(Sc2nc3ccccc3s2)c([N+](=O)[O-])c1. The second kappa shape index (κ2) is 8.66. The van der Waals surface area contributed by atoms with E-state index in [0.29, 0.717) is 9.24 Å². The highest BCUT2D eigenvalue weighted by atomic mass is 32.2. The number of hydrogen-bond acceptors (Lipinski definition) is 8.